The van der Waals surface area contributed by atoms with Crippen LogP contribution in [0.15, 0.2) is 36.7 Å². The van der Waals surface area contributed by atoms with Crippen molar-refractivity contribution >= 4 is 22.8 Å². The molecule has 0 radical (unpaired) electrons. The summed E-state index contributed by atoms with van der Waals surface area (Å²) in [7, 11) is 3.78. The van der Waals surface area contributed by atoms with Gasteiger partial charge in [0.2, 0.25) is 5.95 Å². The summed E-state index contributed by atoms with van der Waals surface area (Å²) in [4.78, 5) is 25.3. The van der Waals surface area contributed by atoms with Gasteiger partial charge in [0.25, 0.3) is 5.91 Å². The number of fused-ring (bicyclic) bond motifs is 1. The average molecular weight is 352 g/mol. The van der Waals surface area contributed by atoms with Gasteiger partial charge in [-0.15, -0.1) is 0 Å². The lowest BCUT2D eigenvalue weighted by molar-refractivity contribution is -0.0247. The van der Waals surface area contributed by atoms with E-state index in [0.29, 0.717) is 31.2 Å². The van der Waals surface area contributed by atoms with Crippen LogP contribution in [0.2, 0.25) is 0 Å². The molecular weight excluding hydrogens is 332 g/mol. The Bertz CT molecular complexity index is 938. The summed E-state index contributed by atoms with van der Waals surface area (Å²) in [5, 5.41) is 7.82. The number of morpholine rings is 1. The monoisotopic (exact) mass is 352 g/mol. The summed E-state index contributed by atoms with van der Waals surface area (Å²) in [6.45, 7) is 1.50. The molecule has 26 heavy (non-hydrogen) atoms. The number of aromatic amines is 1. The van der Waals surface area contributed by atoms with E-state index in [1.54, 1.807) is 12.4 Å². The van der Waals surface area contributed by atoms with Crippen LogP contribution >= 0.6 is 0 Å². The second-order valence-electron chi connectivity index (χ2n) is 6.46. The van der Waals surface area contributed by atoms with Gasteiger partial charge in [-0.3, -0.25) is 9.89 Å². The van der Waals surface area contributed by atoms with E-state index >= 15 is 0 Å². The number of nitrogens with one attached hydrogen (secondary N) is 1. The van der Waals surface area contributed by atoms with Gasteiger partial charge in [0.05, 0.1) is 30.6 Å². The van der Waals surface area contributed by atoms with Gasteiger partial charge < -0.3 is 14.5 Å². The number of rotatable bonds is 3. The first-order valence-electron chi connectivity index (χ1n) is 8.46. The average Bonchev–Trinajstić information content (AvgIpc) is 3.15. The Labute approximate surface area is 150 Å². The molecule has 134 valence electrons. The maximum Gasteiger partial charge on any atom is 0.254 e. The zero-order valence-corrected chi connectivity index (χ0v) is 14.7. The highest BCUT2D eigenvalue weighted by Crippen LogP contribution is 2.23. The van der Waals surface area contributed by atoms with E-state index in [4.69, 9.17) is 4.74 Å². The fraction of sp³-hybridized carbons (Fsp3) is 0.333. The number of aromatic nitrogens is 4. The molecule has 0 aliphatic carbocycles. The molecule has 0 saturated carbocycles. The van der Waals surface area contributed by atoms with E-state index in [1.807, 2.05) is 48.2 Å². The second-order valence-corrected chi connectivity index (χ2v) is 6.46. The zero-order valence-electron chi connectivity index (χ0n) is 14.7. The predicted octanol–water partition coefficient (Wildman–Crippen LogP) is 1.63. The third kappa shape index (κ3) is 3.11. The molecule has 1 aliphatic heterocycles. The van der Waals surface area contributed by atoms with Gasteiger partial charge in [0.15, 0.2) is 0 Å². The van der Waals surface area contributed by atoms with Gasteiger partial charge in [0, 0.05) is 37.8 Å². The SMILES string of the molecule is CN(C)c1nccc(C2CN(C(=O)c3ccc4[nH]ncc4c3)CCO2)n1. The molecule has 1 amide bonds. The Kier molecular flexibility index (Phi) is 4.26. The maximum atomic E-state index is 12.9. The number of nitrogens with zero attached hydrogens (tertiary/aromatic N) is 5. The largest absolute Gasteiger partial charge is 0.368 e. The molecule has 0 spiro atoms. The van der Waals surface area contributed by atoms with Crippen LogP contribution in [0.4, 0.5) is 5.95 Å². The van der Waals surface area contributed by atoms with E-state index in [9.17, 15) is 4.79 Å². The van der Waals surface area contributed by atoms with Gasteiger partial charge in [-0.25, -0.2) is 9.97 Å². The van der Waals surface area contributed by atoms with Crippen molar-refractivity contribution < 1.29 is 9.53 Å². The summed E-state index contributed by atoms with van der Waals surface area (Å²) in [6, 6.07) is 7.40. The van der Waals surface area contributed by atoms with E-state index in [0.717, 1.165) is 16.6 Å². The van der Waals surface area contributed by atoms with Crippen molar-refractivity contribution in [2.24, 2.45) is 0 Å². The molecule has 3 aromatic rings. The number of ether oxygens (including phenoxy) is 1. The molecule has 1 N–H and O–H groups in total. The standard InChI is InChI=1S/C18H20N6O2/c1-23(2)18-19-6-5-15(21-18)16-11-24(7-8-26-16)17(25)12-3-4-14-13(9-12)10-20-22-14/h3-6,9-10,16H,7-8,11H2,1-2H3,(H,20,22). The molecule has 4 rings (SSSR count). The number of H-pyrrole nitrogens is 1. The Morgan fingerprint density at radius 1 is 1.35 bits per heavy atom. The number of benzene rings is 1. The molecule has 1 atom stereocenters. The fourth-order valence-corrected chi connectivity index (χ4v) is 3.03. The van der Waals surface area contributed by atoms with Crippen LogP contribution in [0.3, 0.4) is 0 Å². The van der Waals surface area contributed by atoms with Crippen LogP contribution in [0.1, 0.15) is 22.2 Å². The molecule has 8 heteroatoms. The van der Waals surface area contributed by atoms with Crippen molar-refractivity contribution in [3.8, 4) is 0 Å². The topological polar surface area (TPSA) is 87.2 Å². The van der Waals surface area contributed by atoms with Crippen molar-refractivity contribution in [2.75, 3.05) is 38.7 Å². The highest BCUT2D eigenvalue weighted by Gasteiger charge is 2.27. The Morgan fingerprint density at radius 2 is 2.23 bits per heavy atom. The molecule has 1 aromatic carbocycles. The third-order valence-electron chi connectivity index (χ3n) is 4.44. The van der Waals surface area contributed by atoms with Gasteiger partial charge >= 0.3 is 0 Å². The number of amides is 1. The lowest BCUT2D eigenvalue weighted by Gasteiger charge is -2.33. The highest BCUT2D eigenvalue weighted by molar-refractivity contribution is 5.97. The first-order chi connectivity index (χ1) is 12.6. The van der Waals surface area contributed by atoms with Crippen LogP contribution in [0.25, 0.3) is 10.9 Å². The number of hydrogen-bond acceptors (Lipinski definition) is 6. The summed E-state index contributed by atoms with van der Waals surface area (Å²) in [6.07, 6.45) is 3.18. The molecule has 2 aromatic heterocycles. The molecule has 1 fully saturated rings. The van der Waals surface area contributed by atoms with Crippen molar-refractivity contribution in [1.82, 2.24) is 25.1 Å². The van der Waals surface area contributed by atoms with E-state index < -0.39 is 0 Å². The minimum Gasteiger partial charge on any atom is -0.368 e. The number of carbonyl (C=O) groups excluding carboxylic acids is 1. The predicted molar refractivity (Wildman–Crippen MR) is 97.0 cm³/mol. The zero-order chi connectivity index (χ0) is 18.1. The lowest BCUT2D eigenvalue weighted by atomic mass is 10.1. The third-order valence-corrected chi connectivity index (χ3v) is 4.44. The quantitative estimate of drug-likeness (QED) is 0.771. The first-order valence-corrected chi connectivity index (χ1v) is 8.46. The highest BCUT2D eigenvalue weighted by atomic mass is 16.5. The van der Waals surface area contributed by atoms with E-state index in [-0.39, 0.29) is 12.0 Å². The van der Waals surface area contributed by atoms with E-state index in [1.165, 1.54) is 0 Å². The summed E-state index contributed by atoms with van der Waals surface area (Å²) < 4.78 is 5.86. The van der Waals surface area contributed by atoms with E-state index in [2.05, 4.69) is 20.2 Å². The number of carbonyl (C=O) groups is 1. The van der Waals surface area contributed by atoms with Crippen LogP contribution in [-0.2, 0) is 4.74 Å². The molecule has 3 heterocycles. The Hall–Kier alpha value is -3.00. The molecule has 8 nitrogen and oxygen atoms in total. The molecule has 1 unspecified atom stereocenters. The lowest BCUT2D eigenvalue weighted by Crippen LogP contribution is -2.42. The summed E-state index contributed by atoms with van der Waals surface area (Å²) in [5.41, 5.74) is 2.35. The van der Waals surface area contributed by atoms with Crippen molar-refractivity contribution in [3.05, 3.63) is 47.9 Å². The minimum atomic E-state index is -0.257. The van der Waals surface area contributed by atoms with Gasteiger partial charge in [-0.2, -0.15) is 5.10 Å². The Morgan fingerprint density at radius 3 is 3.08 bits per heavy atom. The molecule has 1 aliphatic rings. The number of hydrogen-bond donors (Lipinski definition) is 1. The van der Waals surface area contributed by atoms with Gasteiger partial charge in [-0.05, 0) is 24.3 Å². The summed E-state index contributed by atoms with van der Waals surface area (Å²) >= 11 is 0. The molecular formula is C18H20N6O2. The molecule has 1 saturated heterocycles. The fourth-order valence-electron chi connectivity index (χ4n) is 3.03. The minimum absolute atomic E-state index is 0.0108. The summed E-state index contributed by atoms with van der Waals surface area (Å²) in [5.74, 6) is 0.614. The molecule has 0 bridgehead atoms. The van der Waals surface area contributed by atoms with Crippen LogP contribution in [0.5, 0.6) is 0 Å². The van der Waals surface area contributed by atoms with Crippen molar-refractivity contribution in [3.63, 3.8) is 0 Å². The van der Waals surface area contributed by atoms with Crippen molar-refractivity contribution in [2.45, 2.75) is 6.10 Å². The van der Waals surface area contributed by atoms with Gasteiger partial charge in [-0.1, -0.05) is 0 Å². The number of anilines is 1. The maximum absolute atomic E-state index is 12.9. The van der Waals surface area contributed by atoms with Crippen LogP contribution in [0, 0.1) is 0 Å². The van der Waals surface area contributed by atoms with Crippen molar-refractivity contribution in [1.29, 1.82) is 0 Å². The van der Waals surface area contributed by atoms with Gasteiger partial charge in [0.1, 0.15) is 6.10 Å². The normalized spacial score (nSPS) is 17.5. The second kappa shape index (κ2) is 6.72. The first kappa shape index (κ1) is 16.5. The van der Waals surface area contributed by atoms with Crippen LogP contribution in [-0.4, -0.2) is 64.8 Å². The van der Waals surface area contributed by atoms with Crippen LogP contribution < -0.4 is 4.90 Å². The Balaban J connectivity index is 1.54. The smallest absolute Gasteiger partial charge is 0.254 e.